The molecule has 3 nitrogen and oxygen atoms in total. The zero-order chi connectivity index (χ0) is 11.3. The lowest BCUT2D eigenvalue weighted by Crippen LogP contribution is -2.24. The third-order valence-corrected chi connectivity index (χ3v) is 3.03. The van der Waals surface area contributed by atoms with Crippen LogP contribution in [0.15, 0.2) is 0 Å². The minimum atomic E-state index is -0.177. The number of esters is 1. The van der Waals surface area contributed by atoms with Crippen LogP contribution in [0, 0.1) is 11.8 Å². The number of rotatable bonds is 4. The minimum absolute atomic E-state index is 0.0955. The van der Waals surface area contributed by atoms with E-state index < -0.39 is 0 Å². The first-order valence-corrected chi connectivity index (χ1v) is 5.81. The van der Waals surface area contributed by atoms with Crippen LogP contribution in [0.4, 0.5) is 0 Å². The highest BCUT2D eigenvalue weighted by atomic mass is 16.5. The summed E-state index contributed by atoms with van der Waals surface area (Å²) in [5, 5.41) is 0. The average Bonchev–Trinajstić information content (AvgIpc) is 2.20. The summed E-state index contributed by atoms with van der Waals surface area (Å²) in [5.41, 5.74) is 0. The van der Waals surface area contributed by atoms with Gasteiger partial charge in [-0.3, -0.25) is 9.59 Å². The topological polar surface area (TPSA) is 43.4 Å². The van der Waals surface area contributed by atoms with Gasteiger partial charge in [-0.25, -0.2) is 0 Å². The molecule has 1 fully saturated rings. The molecule has 0 aliphatic heterocycles. The maximum Gasteiger partial charge on any atom is 0.305 e. The molecule has 0 amide bonds. The Bertz CT molecular complexity index is 235. The highest BCUT2D eigenvalue weighted by Crippen LogP contribution is 2.28. The highest BCUT2D eigenvalue weighted by molar-refractivity contribution is 5.82. The van der Waals surface area contributed by atoms with E-state index in [0.717, 1.165) is 12.8 Å². The molecular weight excluding hydrogens is 192 g/mol. The molecule has 2 atom stereocenters. The van der Waals surface area contributed by atoms with Crippen LogP contribution in [-0.4, -0.2) is 18.4 Å². The molecule has 0 bridgehead atoms. The lowest BCUT2D eigenvalue weighted by atomic mass is 9.79. The highest BCUT2D eigenvalue weighted by Gasteiger charge is 2.26. The van der Waals surface area contributed by atoms with E-state index >= 15 is 0 Å². The quantitative estimate of drug-likeness (QED) is 0.672. The SMILES string of the molecule is CCOC(=O)CC[C@@H]1C[C@H](C)CCC1=O. The van der Waals surface area contributed by atoms with Gasteiger partial charge in [0.15, 0.2) is 0 Å². The van der Waals surface area contributed by atoms with Crippen LogP contribution in [-0.2, 0) is 14.3 Å². The van der Waals surface area contributed by atoms with E-state index in [-0.39, 0.29) is 11.9 Å². The number of hydrogen-bond acceptors (Lipinski definition) is 3. The minimum Gasteiger partial charge on any atom is -0.466 e. The largest absolute Gasteiger partial charge is 0.466 e. The molecule has 0 spiro atoms. The summed E-state index contributed by atoms with van der Waals surface area (Å²) in [6.07, 6.45) is 3.70. The van der Waals surface area contributed by atoms with Gasteiger partial charge in [-0.05, 0) is 32.1 Å². The lowest BCUT2D eigenvalue weighted by molar-refractivity contribution is -0.143. The smallest absolute Gasteiger partial charge is 0.305 e. The van der Waals surface area contributed by atoms with Gasteiger partial charge >= 0.3 is 5.97 Å². The third kappa shape index (κ3) is 4.02. The van der Waals surface area contributed by atoms with Crippen molar-refractivity contribution in [1.82, 2.24) is 0 Å². The molecule has 3 heteroatoms. The molecule has 1 aliphatic carbocycles. The van der Waals surface area contributed by atoms with Gasteiger partial charge in [0.2, 0.25) is 0 Å². The van der Waals surface area contributed by atoms with Gasteiger partial charge in [0.25, 0.3) is 0 Å². The maximum absolute atomic E-state index is 11.6. The summed E-state index contributed by atoms with van der Waals surface area (Å²) in [6, 6.07) is 0. The molecule has 1 aliphatic rings. The monoisotopic (exact) mass is 212 g/mol. The average molecular weight is 212 g/mol. The molecular formula is C12H20O3. The molecule has 0 aromatic carbocycles. The molecule has 0 saturated heterocycles. The number of ether oxygens (including phenoxy) is 1. The number of carbonyl (C=O) groups excluding carboxylic acids is 2. The van der Waals surface area contributed by atoms with Gasteiger partial charge in [0.05, 0.1) is 6.61 Å². The summed E-state index contributed by atoms with van der Waals surface area (Å²) in [6.45, 7) is 4.39. The zero-order valence-corrected chi connectivity index (χ0v) is 9.62. The van der Waals surface area contributed by atoms with Crippen LogP contribution in [0.5, 0.6) is 0 Å². The molecule has 0 unspecified atom stereocenters. The molecule has 86 valence electrons. The van der Waals surface area contributed by atoms with Crippen molar-refractivity contribution < 1.29 is 14.3 Å². The van der Waals surface area contributed by atoms with E-state index in [1.807, 2.05) is 0 Å². The molecule has 0 N–H and O–H groups in total. The summed E-state index contributed by atoms with van der Waals surface area (Å²) in [5.74, 6) is 0.869. The Hall–Kier alpha value is -0.860. The van der Waals surface area contributed by atoms with Crippen LogP contribution < -0.4 is 0 Å². The van der Waals surface area contributed by atoms with Crippen LogP contribution in [0.3, 0.4) is 0 Å². The van der Waals surface area contributed by atoms with Crippen molar-refractivity contribution in [3.8, 4) is 0 Å². The third-order valence-electron chi connectivity index (χ3n) is 3.03. The van der Waals surface area contributed by atoms with Crippen molar-refractivity contribution in [1.29, 1.82) is 0 Å². The van der Waals surface area contributed by atoms with Crippen molar-refractivity contribution in [2.45, 2.75) is 46.0 Å². The van der Waals surface area contributed by atoms with Gasteiger partial charge in [-0.2, -0.15) is 0 Å². The van der Waals surface area contributed by atoms with Gasteiger partial charge in [-0.15, -0.1) is 0 Å². The van der Waals surface area contributed by atoms with Crippen molar-refractivity contribution in [3.05, 3.63) is 0 Å². The number of hydrogen-bond donors (Lipinski definition) is 0. The van der Waals surface area contributed by atoms with Crippen molar-refractivity contribution in [3.63, 3.8) is 0 Å². The van der Waals surface area contributed by atoms with Gasteiger partial charge in [0.1, 0.15) is 5.78 Å². The van der Waals surface area contributed by atoms with E-state index in [4.69, 9.17) is 4.74 Å². The Balaban J connectivity index is 2.30. The fourth-order valence-corrected chi connectivity index (χ4v) is 2.13. The Morgan fingerprint density at radius 3 is 2.93 bits per heavy atom. The van der Waals surface area contributed by atoms with E-state index in [9.17, 15) is 9.59 Å². The molecule has 1 rings (SSSR count). The summed E-state index contributed by atoms with van der Waals surface area (Å²) in [4.78, 5) is 22.7. The second kappa shape index (κ2) is 5.89. The first-order valence-electron chi connectivity index (χ1n) is 5.81. The molecule has 0 radical (unpaired) electrons. The molecule has 0 aromatic heterocycles. The fourth-order valence-electron chi connectivity index (χ4n) is 2.13. The second-order valence-electron chi connectivity index (χ2n) is 4.39. The fraction of sp³-hybridized carbons (Fsp3) is 0.833. The maximum atomic E-state index is 11.6. The Kier molecular flexibility index (Phi) is 4.79. The Labute approximate surface area is 91.2 Å². The van der Waals surface area contributed by atoms with E-state index in [1.54, 1.807) is 6.92 Å². The Morgan fingerprint density at radius 2 is 2.27 bits per heavy atom. The van der Waals surface area contributed by atoms with Gasteiger partial charge < -0.3 is 4.74 Å². The molecule has 1 saturated carbocycles. The molecule has 0 heterocycles. The summed E-state index contributed by atoms with van der Waals surface area (Å²) >= 11 is 0. The van der Waals surface area contributed by atoms with Crippen molar-refractivity contribution in [2.75, 3.05) is 6.61 Å². The standard InChI is InChI=1S/C12H20O3/c1-3-15-12(14)7-5-10-8-9(2)4-6-11(10)13/h9-10H,3-8H2,1-2H3/t9-,10-/m1/s1. The number of carbonyl (C=O) groups is 2. The summed E-state index contributed by atoms with van der Waals surface area (Å²) in [7, 11) is 0. The van der Waals surface area contributed by atoms with Crippen LogP contribution >= 0.6 is 0 Å². The van der Waals surface area contributed by atoms with E-state index in [2.05, 4.69) is 6.92 Å². The summed E-state index contributed by atoms with van der Waals surface area (Å²) < 4.78 is 4.84. The van der Waals surface area contributed by atoms with E-state index in [0.29, 0.717) is 37.6 Å². The van der Waals surface area contributed by atoms with Gasteiger partial charge in [-0.1, -0.05) is 6.92 Å². The van der Waals surface area contributed by atoms with Crippen molar-refractivity contribution >= 4 is 11.8 Å². The number of ketones is 1. The first-order chi connectivity index (χ1) is 7.13. The second-order valence-corrected chi connectivity index (χ2v) is 4.39. The zero-order valence-electron chi connectivity index (χ0n) is 9.62. The van der Waals surface area contributed by atoms with Crippen LogP contribution in [0.25, 0.3) is 0 Å². The Morgan fingerprint density at radius 1 is 1.53 bits per heavy atom. The molecule has 15 heavy (non-hydrogen) atoms. The molecule has 0 aromatic rings. The van der Waals surface area contributed by atoms with E-state index in [1.165, 1.54) is 0 Å². The first kappa shape index (κ1) is 12.2. The van der Waals surface area contributed by atoms with Crippen LogP contribution in [0.2, 0.25) is 0 Å². The van der Waals surface area contributed by atoms with Crippen molar-refractivity contribution in [2.24, 2.45) is 11.8 Å². The number of Topliss-reactive ketones (excluding diaryl/α,β-unsaturated/α-hetero) is 1. The predicted molar refractivity (Wildman–Crippen MR) is 57.4 cm³/mol. The normalized spacial score (nSPS) is 26.4. The van der Waals surface area contributed by atoms with Gasteiger partial charge in [0, 0.05) is 18.8 Å². The van der Waals surface area contributed by atoms with Crippen LogP contribution in [0.1, 0.15) is 46.0 Å². The predicted octanol–water partition coefficient (Wildman–Crippen LogP) is 2.33. The lowest BCUT2D eigenvalue weighted by Gasteiger charge is -2.25.